The SMILES string of the molecule is Cn1c(=O)n([C@@H]2O[C@@H]3COP(=O)(S)O[C@@H]4[C@H](O)[C@H](O[C@H]4n4c(=O)n(C)c5c(N)ncnc54)OP(=O)(S)O[C@H]3[C@H]2O)c2ncnc(N)c21. The molecule has 0 aromatic carbocycles. The Balaban J connectivity index is 1.26. The van der Waals surface area contributed by atoms with E-state index in [0.29, 0.717) is 0 Å². The number of aromatic nitrogens is 8. The third-order valence-corrected chi connectivity index (χ3v) is 11.1. The molecule has 0 radical (unpaired) electrons. The molecule has 0 aliphatic carbocycles. The van der Waals surface area contributed by atoms with Gasteiger partial charge in [0.15, 0.2) is 41.7 Å². The number of imidazole rings is 2. The fourth-order valence-electron chi connectivity index (χ4n) is 5.80. The molecule has 22 nitrogen and oxygen atoms in total. The topological polar surface area (TPSA) is 287 Å². The summed E-state index contributed by atoms with van der Waals surface area (Å²) in [5.41, 5.74) is 10.6. The molecule has 47 heavy (non-hydrogen) atoms. The van der Waals surface area contributed by atoms with Crippen LogP contribution in [0.2, 0.25) is 0 Å². The Kier molecular flexibility index (Phi) is 7.89. The second-order valence-corrected chi connectivity index (χ2v) is 16.4. The van der Waals surface area contributed by atoms with Crippen molar-refractivity contribution in [1.29, 1.82) is 0 Å². The van der Waals surface area contributed by atoms with E-state index in [1.54, 1.807) is 0 Å². The molecule has 0 amide bonds. The highest BCUT2D eigenvalue weighted by Crippen LogP contribution is 2.62. The molecule has 7 heterocycles. The summed E-state index contributed by atoms with van der Waals surface area (Å²) in [5.74, 6) is -0.0773. The molecular weight excluding hydrogens is 710 g/mol. The molecule has 10 atom stereocenters. The van der Waals surface area contributed by atoms with Crippen LogP contribution in [0.3, 0.4) is 0 Å². The predicted octanol–water partition coefficient (Wildman–Crippen LogP) is -1.19. The number of aliphatic hydroxyl groups excluding tert-OH is 2. The number of nitrogens with zero attached hydrogens (tertiary/aromatic N) is 8. The second-order valence-electron chi connectivity index (χ2n) is 10.7. The van der Waals surface area contributed by atoms with Gasteiger partial charge in [-0.05, 0) is 0 Å². The molecular formula is C21H26N10O12P2S2. The van der Waals surface area contributed by atoms with Crippen LogP contribution in [0.4, 0.5) is 11.6 Å². The molecule has 254 valence electrons. The van der Waals surface area contributed by atoms with E-state index in [2.05, 4.69) is 44.4 Å². The number of anilines is 2. The van der Waals surface area contributed by atoms with Crippen LogP contribution in [-0.2, 0) is 50.8 Å². The van der Waals surface area contributed by atoms with Crippen molar-refractivity contribution in [2.75, 3.05) is 18.1 Å². The van der Waals surface area contributed by atoms with E-state index < -0.39 is 80.8 Å². The maximum absolute atomic E-state index is 13.7. The zero-order chi connectivity index (χ0) is 33.7. The molecule has 2 bridgehead atoms. The van der Waals surface area contributed by atoms with Gasteiger partial charge >= 0.3 is 25.0 Å². The minimum absolute atomic E-state index is 0.00336. The molecule has 3 aliphatic heterocycles. The van der Waals surface area contributed by atoms with Crippen molar-refractivity contribution >= 4 is 72.1 Å². The van der Waals surface area contributed by atoms with Crippen LogP contribution in [0.1, 0.15) is 12.5 Å². The van der Waals surface area contributed by atoms with E-state index in [4.69, 9.17) is 39.0 Å². The Morgan fingerprint density at radius 1 is 0.787 bits per heavy atom. The Morgan fingerprint density at radius 2 is 1.32 bits per heavy atom. The highest BCUT2D eigenvalue weighted by molar-refractivity contribution is 8.44. The highest BCUT2D eigenvalue weighted by atomic mass is 32.7. The van der Waals surface area contributed by atoms with Crippen LogP contribution >= 0.6 is 38.1 Å². The molecule has 7 rings (SSSR count). The third kappa shape index (κ3) is 5.23. The van der Waals surface area contributed by atoms with Crippen molar-refractivity contribution in [3.05, 3.63) is 33.6 Å². The number of aryl methyl sites for hydroxylation is 2. The number of ether oxygens (including phenoxy) is 2. The zero-order valence-electron chi connectivity index (χ0n) is 24.0. The van der Waals surface area contributed by atoms with Crippen LogP contribution in [0, 0.1) is 0 Å². The summed E-state index contributed by atoms with van der Waals surface area (Å²) in [6.07, 6.45) is -11.3. The first-order chi connectivity index (χ1) is 22.1. The lowest BCUT2D eigenvalue weighted by atomic mass is 10.1. The Morgan fingerprint density at radius 3 is 1.89 bits per heavy atom. The number of hydrogen-bond donors (Lipinski definition) is 6. The largest absolute Gasteiger partial charge is 0.388 e. The monoisotopic (exact) mass is 736 g/mol. The zero-order valence-corrected chi connectivity index (χ0v) is 27.6. The summed E-state index contributed by atoms with van der Waals surface area (Å²) in [7, 11) is 2.78. The average molecular weight is 737 g/mol. The number of nitrogen functional groups attached to an aromatic ring is 2. The van der Waals surface area contributed by atoms with Crippen molar-refractivity contribution in [1.82, 2.24) is 38.2 Å². The third-order valence-electron chi connectivity index (χ3n) is 7.91. The summed E-state index contributed by atoms with van der Waals surface area (Å²) in [6, 6.07) is 0. The Bertz CT molecular complexity index is 2140. The van der Waals surface area contributed by atoms with Crippen LogP contribution in [0.5, 0.6) is 0 Å². The minimum Gasteiger partial charge on any atom is -0.386 e. The lowest BCUT2D eigenvalue weighted by Gasteiger charge is -2.28. The van der Waals surface area contributed by atoms with E-state index in [-0.39, 0.29) is 34.0 Å². The quantitative estimate of drug-likeness (QED) is 0.104. The molecule has 6 N–H and O–H groups in total. The lowest BCUT2D eigenvalue weighted by molar-refractivity contribution is -0.131. The fourth-order valence-corrected chi connectivity index (χ4v) is 8.92. The smallest absolute Gasteiger partial charge is 0.386 e. The van der Waals surface area contributed by atoms with Gasteiger partial charge in [-0.3, -0.25) is 27.2 Å². The Labute approximate surface area is 271 Å². The highest BCUT2D eigenvalue weighted by Gasteiger charge is 2.56. The van der Waals surface area contributed by atoms with Gasteiger partial charge in [-0.15, -0.1) is 0 Å². The van der Waals surface area contributed by atoms with Crippen molar-refractivity contribution in [2.24, 2.45) is 14.1 Å². The molecule has 0 spiro atoms. The molecule has 0 saturated carbocycles. The van der Waals surface area contributed by atoms with Crippen molar-refractivity contribution < 1.29 is 46.9 Å². The fraction of sp³-hybridized carbons (Fsp3) is 0.524. The molecule has 3 aliphatic rings. The van der Waals surface area contributed by atoms with E-state index in [1.165, 1.54) is 14.1 Å². The number of nitrogens with two attached hydrogens (primary N) is 2. The molecule has 4 aromatic heterocycles. The number of hydrogen-bond acceptors (Lipinski definition) is 18. The van der Waals surface area contributed by atoms with Gasteiger partial charge in [0.1, 0.15) is 54.2 Å². The second kappa shape index (κ2) is 11.4. The van der Waals surface area contributed by atoms with E-state index in [0.717, 1.165) is 30.9 Å². The first-order valence-electron chi connectivity index (χ1n) is 13.5. The van der Waals surface area contributed by atoms with Crippen LogP contribution in [0.25, 0.3) is 22.3 Å². The van der Waals surface area contributed by atoms with Gasteiger partial charge in [0.2, 0.25) is 0 Å². The van der Waals surface area contributed by atoms with Crippen molar-refractivity contribution in [3.63, 3.8) is 0 Å². The van der Waals surface area contributed by atoms with Gasteiger partial charge in [0, 0.05) is 14.1 Å². The van der Waals surface area contributed by atoms with E-state index in [1.807, 2.05) is 0 Å². The molecule has 4 aromatic rings. The summed E-state index contributed by atoms with van der Waals surface area (Å²) in [4.78, 5) is 42.5. The van der Waals surface area contributed by atoms with Gasteiger partial charge in [-0.25, -0.2) is 47.8 Å². The normalized spacial score (nSPS) is 36.4. The van der Waals surface area contributed by atoms with Crippen molar-refractivity contribution in [3.8, 4) is 0 Å². The van der Waals surface area contributed by atoms with Gasteiger partial charge in [-0.2, -0.15) is 0 Å². The van der Waals surface area contributed by atoms with Crippen LogP contribution in [0.15, 0.2) is 22.2 Å². The van der Waals surface area contributed by atoms with E-state index in [9.17, 15) is 28.9 Å². The first kappa shape index (κ1) is 32.7. The van der Waals surface area contributed by atoms with Gasteiger partial charge in [0.05, 0.1) is 6.61 Å². The summed E-state index contributed by atoms with van der Waals surface area (Å²) < 4.78 is 65.2. The van der Waals surface area contributed by atoms with Crippen LogP contribution < -0.4 is 22.8 Å². The molecule has 26 heteroatoms. The van der Waals surface area contributed by atoms with Crippen LogP contribution in [-0.4, -0.2) is 91.8 Å². The van der Waals surface area contributed by atoms with Gasteiger partial charge in [0.25, 0.3) is 0 Å². The van der Waals surface area contributed by atoms with E-state index >= 15 is 0 Å². The number of thiol groups is 2. The minimum atomic E-state index is -4.63. The maximum Gasteiger partial charge on any atom is 0.388 e. The summed E-state index contributed by atoms with van der Waals surface area (Å²) in [5, 5.41) is 22.6. The van der Waals surface area contributed by atoms with Gasteiger partial charge in [-0.1, -0.05) is 24.5 Å². The Hall–Kier alpha value is -2.86. The predicted molar refractivity (Wildman–Crippen MR) is 164 cm³/mol. The number of fused-ring (bicyclic) bond motifs is 5. The van der Waals surface area contributed by atoms with Crippen molar-refractivity contribution in [2.45, 2.75) is 49.3 Å². The lowest BCUT2D eigenvalue weighted by Crippen LogP contribution is -2.39. The number of rotatable bonds is 2. The molecule has 3 saturated heterocycles. The maximum atomic E-state index is 13.7. The number of aliphatic hydroxyl groups is 2. The first-order valence-corrected chi connectivity index (χ1v) is 18.9. The summed E-state index contributed by atoms with van der Waals surface area (Å²) >= 11 is 8.05. The average Bonchev–Trinajstić information content (AvgIpc) is 3.63. The van der Waals surface area contributed by atoms with Gasteiger partial charge < -0.3 is 31.2 Å². The summed E-state index contributed by atoms with van der Waals surface area (Å²) in [6.45, 7) is -9.82. The molecule has 2 unspecified atom stereocenters. The molecule has 3 fully saturated rings. The standard InChI is InChI=1S/C21H26N10O12P2S2/c1-28-7-13(22)24-4-26-15(7)30(20(28)34)17-9(32)11-6(39-17)3-38-44(36,46)42-12-10(33)19(43-45(37,47)41-11)40-18(12)31-16-8(29(2)21(31)35)14(23)25-5-27-16/h4-6,9-12,17-19,32-33H,3H2,1-2H3,(H,36,46)(H,37,47)(H2,22,24,26)(H2,23,25,27)/t6-,9-,10+,11-,12-,17-,18-,19-,44?,45?/m1/s1.